The van der Waals surface area contributed by atoms with Gasteiger partial charge in [-0.05, 0) is 30.3 Å². The summed E-state index contributed by atoms with van der Waals surface area (Å²) in [7, 11) is 1.67. The van der Waals surface area contributed by atoms with E-state index in [4.69, 9.17) is 0 Å². The quantitative estimate of drug-likeness (QED) is 0.775. The average molecular weight is 325 g/mol. The highest BCUT2D eigenvalue weighted by atomic mass is 16.2. The summed E-state index contributed by atoms with van der Waals surface area (Å²) < 4.78 is 1.79. The Morgan fingerprint density at radius 3 is 2.62 bits per heavy atom. The zero-order valence-electron chi connectivity index (χ0n) is 13.5. The molecule has 1 aliphatic rings. The van der Waals surface area contributed by atoms with Gasteiger partial charge in [0.05, 0.1) is 6.20 Å². The minimum absolute atomic E-state index is 0.00842. The third-order valence-corrected chi connectivity index (χ3v) is 4.17. The SMILES string of the molecule is C=CC(=O)N(C)c1ccc(C(=O)N2CC(Cn3ccnn3)C2)cc1. The molecule has 0 unspecified atom stereocenters. The number of hydrogen-bond donors (Lipinski definition) is 0. The van der Waals surface area contributed by atoms with Crippen LogP contribution in [0.2, 0.25) is 0 Å². The zero-order chi connectivity index (χ0) is 17.1. The van der Waals surface area contributed by atoms with Crippen molar-refractivity contribution in [3.63, 3.8) is 0 Å². The van der Waals surface area contributed by atoms with Crippen LogP contribution in [0.1, 0.15) is 10.4 Å². The molecule has 24 heavy (non-hydrogen) atoms. The third kappa shape index (κ3) is 3.19. The molecule has 3 rings (SSSR count). The topological polar surface area (TPSA) is 71.3 Å². The van der Waals surface area contributed by atoms with E-state index in [0.29, 0.717) is 11.5 Å². The van der Waals surface area contributed by atoms with Gasteiger partial charge < -0.3 is 9.80 Å². The van der Waals surface area contributed by atoms with Gasteiger partial charge in [0.15, 0.2) is 0 Å². The second-order valence-corrected chi connectivity index (χ2v) is 5.85. The van der Waals surface area contributed by atoms with Gasteiger partial charge in [-0.15, -0.1) is 5.10 Å². The Hall–Kier alpha value is -2.96. The van der Waals surface area contributed by atoms with Crippen LogP contribution in [0.5, 0.6) is 0 Å². The predicted molar refractivity (Wildman–Crippen MR) is 89.5 cm³/mol. The number of nitrogens with zero attached hydrogens (tertiary/aromatic N) is 5. The number of likely N-dealkylation sites (tertiary alicyclic amines) is 1. The van der Waals surface area contributed by atoms with E-state index in [9.17, 15) is 9.59 Å². The van der Waals surface area contributed by atoms with E-state index < -0.39 is 0 Å². The molecule has 1 saturated heterocycles. The van der Waals surface area contributed by atoms with Crippen LogP contribution in [0.25, 0.3) is 0 Å². The molecule has 0 saturated carbocycles. The van der Waals surface area contributed by atoms with Gasteiger partial charge in [-0.25, -0.2) is 0 Å². The van der Waals surface area contributed by atoms with E-state index >= 15 is 0 Å². The van der Waals surface area contributed by atoms with Crippen LogP contribution in [0.4, 0.5) is 5.69 Å². The summed E-state index contributed by atoms with van der Waals surface area (Å²) in [6, 6.07) is 7.02. The van der Waals surface area contributed by atoms with E-state index in [1.165, 1.54) is 11.0 Å². The van der Waals surface area contributed by atoms with Crippen LogP contribution in [0, 0.1) is 5.92 Å². The first-order valence-corrected chi connectivity index (χ1v) is 7.72. The molecule has 0 N–H and O–H groups in total. The highest BCUT2D eigenvalue weighted by molar-refractivity contribution is 6.01. The number of carbonyl (C=O) groups is 2. The van der Waals surface area contributed by atoms with Gasteiger partial charge in [0.25, 0.3) is 5.91 Å². The first-order valence-electron chi connectivity index (χ1n) is 7.72. The van der Waals surface area contributed by atoms with Crippen molar-refractivity contribution in [1.82, 2.24) is 19.9 Å². The number of likely N-dealkylation sites (N-methyl/N-ethyl adjacent to an activating group) is 1. The molecule has 0 aliphatic carbocycles. The number of hydrogen-bond acceptors (Lipinski definition) is 4. The third-order valence-electron chi connectivity index (χ3n) is 4.17. The van der Waals surface area contributed by atoms with Crippen molar-refractivity contribution in [1.29, 1.82) is 0 Å². The summed E-state index contributed by atoms with van der Waals surface area (Å²) in [5.74, 6) is 0.230. The molecule has 7 heteroatoms. The van der Waals surface area contributed by atoms with Gasteiger partial charge in [-0.3, -0.25) is 14.3 Å². The largest absolute Gasteiger partial charge is 0.338 e. The van der Waals surface area contributed by atoms with Crippen LogP contribution >= 0.6 is 0 Å². The summed E-state index contributed by atoms with van der Waals surface area (Å²) in [5.41, 5.74) is 1.35. The normalized spacial score (nSPS) is 14.1. The van der Waals surface area contributed by atoms with E-state index in [0.717, 1.165) is 25.3 Å². The standard InChI is InChI=1S/C17H19N5O2/c1-3-16(23)20(2)15-6-4-14(5-7-15)17(24)21-10-13(11-21)12-22-9-8-18-19-22/h3-9,13H,1,10-12H2,2H3. The fourth-order valence-electron chi connectivity index (χ4n) is 2.72. The monoisotopic (exact) mass is 325 g/mol. The molecule has 2 amide bonds. The lowest BCUT2D eigenvalue weighted by molar-refractivity contribution is -0.113. The van der Waals surface area contributed by atoms with Crippen molar-refractivity contribution in [3.8, 4) is 0 Å². The van der Waals surface area contributed by atoms with Crippen molar-refractivity contribution < 1.29 is 9.59 Å². The van der Waals surface area contributed by atoms with Crippen LogP contribution in [-0.2, 0) is 11.3 Å². The number of amides is 2. The molecule has 0 atom stereocenters. The van der Waals surface area contributed by atoms with Crippen molar-refractivity contribution >= 4 is 17.5 Å². The molecule has 1 aromatic carbocycles. The molecule has 1 aromatic heterocycles. The lowest BCUT2D eigenvalue weighted by Gasteiger charge is -2.39. The van der Waals surface area contributed by atoms with Crippen molar-refractivity contribution in [3.05, 3.63) is 54.9 Å². The lowest BCUT2D eigenvalue weighted by atomic mass is 9.99. The van der Waals surface area contributed by atoms with Gasteiger partial charge in [0, 0.05) is 50.0 Å². The van der Waals surface area contributed by atoms with Gasteiger partial charge in [-0.2, -0.15) is 0 Å². The summed E-state index contributed by atoms with van der Waals surface area (Å²) >= 11 is 0. The molecule has 2 aromatic rings. The van der Waals surface area contributed by atoms with Crippen LogP contribution in [0.15, 0.2) is 49.3 Å². The molecule has 0 radical (unpaired) electrons. The van der Waals surface area contributed by atoms with Crippen molar-refractivity contribution in [2.75, 3.05) is 25.0 Å². The summed E-state index contributed by atoms with van der Waals surface area (Å²) in [6.45, 7) is 5.68. The highest BCUT2D eigenvalue weighted by Gasteiger charge is 2.31. The Balaban J connectivity index is 1.56. The molecular weight excluding hydrogens is 306 g/mol. The molecule has 7 nitrogen and oxygen atoms in total. The van der Waals surface area contributed by atoms with Gasteiger partial charge in [-0.1, -0.05) is 11.8 Å². The van der Waals surface area contributed by atoms with E-state index in [-0.39, 0.29) is 11.8 Å². The summed E-state index contributed by atoms with van der Waals surface area (Å²) in [6.07, 6.45) is 4.73. The van der Waals surface area contributed by atoms with Gasteiger partial charge in [0.1, 0.15) is 0 Å². The maximum absolute atomic E-state index is 12.4. The minimum atomic E-state index is -0.187. The maximum Gasteiger partial charge on any atom is 0.253 e. The number of benzene rings is 1. The lowest BCUT2D eigenvalue weighted by Crippen LogP contribution is -2.51. The number of rotatable bonds is 5. The Morgan fingerprint density at radius 1 is 1.33 bits per heavy atom. The molecule has 0 bridgehead atoms. The molecule has 1 aliphatic heterocycles. The first kappa shape index (κ1) is 15.9. The second-order valence-electron chi connectivity index (χ2n) is 5.85. The number of carbonyl (C=O) groups excluding carboxylic acids is 2. The Kier molecular flexibility index (Phi) is 4.41. The molecule has 2 heterocycles. The fraction of sp³-hybridized carbons (Fsp3) is 0.294. The fourth-order valence-corrected chi connectivity index (χ4v) is 2.72. The number of anilines is 1. The summed E-state index contributed by atoms with van der Waals surface area (Å²) in [4.78, 5) is 27.3. The summed E-state index contributed by atoms with van der Waals surface area (Å²) in [5, 5.41) is 7.71. The van der Waals surface area contributed by atoms with Crippen molar-refractivity contribution in [2.45, 2.75) is 6.54 Å². The van der Waals surface area contributed by atoms with E-state index in [1.807, 2.05) is 11.1 Å². The molecular formula is C17H19N5O2. The second kappa shape index (κ2) is 6.66. The molecule has 124 valence electrons. The van der Waals surface area contributed by atoms with E-state index in [2.05, 4.69) is 16.9 Å². The zero-order valence-corrected chi connectivity index (χ0v) is 13.5. The van der Waals surface area contributed by atoms with Gasteiger partial charge >= 0.3 is 0 Å². The Bertz CT molecular complexity index is 733. The van der Waals surface area contributed by atoms with E-state index in [1.54, 1.807) is 42.2 Å². The Morgan fingerprint density at radius 2 is 2.04 bits per heavy atom. The van der Waals surface area contributed by atoms with Crippen LogP contribution in [0.3, 0.4) is 0 Å². The van der Waals surface area contributed by atoms with Gasteiger partial charge in [0.2, 0.25) is 5.91 Å². The first-order chi connectivity index (χ1) is 11.6. The van der Waals surface area contributed by atoms with Crippen LogP contribution in [-0.4, -0.2) is 51.8 Å². The number of aromatic nitrogens is 3. The highest BCUT2D eigenvalue weighted by Crippen LogP contribution is 2.21. The van der Waals surface area contributed by atoms with Crippen LogP contribution < -0.4 is 4.90 Å². The average Bonchev–Trinajstić information content (AvgIpc) is 3.09. The minimum Gasteiger partial charge on any atom is -0.338 e. The molecule has 1 fully saturated rings. The predicted octanol–water partition coefficient (Wildman–Crippen LogP) is 1.20. The molecule has 0 spiro atoms. The maximum atomic E-state index is 12.4. The smallest absolute Gasteiger partial charge is 0.253 e. The van der Waals surface area contributed by atoms with Crippen molar-refractivity contribution in [2.24, 2.45) is 5.92 Å². The Labute approximate surface area is 140 Å².